The van der Waals surface area contributed by atoms with Gasteiger partial charge in [-0.3, -0.25) is 4.72 Å². The Kier molecular flexibility index (Phi) is 4.64. The zero-order chi connectivity index (χ0) is 15.8. The van der Waals surface area contributed by atoms with Crippen LogP contribution in [0.5, 0.6) is 0 Å². The van der Waals surface area contributed by atoms with Gasteiger partial charge in [0.1, 0.15) is 5.52 Å². The fraction of sp³-hybridized carbons (Fsp3) is 0.364. The number of sulfonamides is 1. The molecule has 0 spiro atoms. The molecular weight excluding hydrogens is 349 g/mol. The van der Waals surface area contributed by atoms with E-state index in [1.54, 1.807) is 6.92 Å². The number of benzene rings is 1. The predicted octanol–water partition coefficient (Wildman–Crippen LogP) is 3.33. The molecule has 1 aromatic carbocycles. The third-order valence-electron chi connectivity index (χ3n) is 2.53. The molecule has 10 heteroatoms. The summed E-state index contributed by atoms with van der Waals surface area (Å²) in [4.78, 5) is 3.65. The monoisotopic (exact) mass is 358 g/mol. The molecule has 1 N–H and O–H groups in total. The summed E-state index contributed by atoms with van der Waals surface area (Å²) in [6, 6.07) is 0.768. The van der Waals surface area contributed by atoms with Crippen LogP contribution in [0.2, 0.25) is 0 Å². The first-order valence-corrected chi connectivity index (χ1v) is 8.74. The molecule has 116 valence electrons. The molecule has 0 radical (unpaired) electrons. The lowest BCUT2D eigenvalue weighted by Gasteiger charge is -2.08. The van der Waals surface area contributed by atoms with Gasteiger partial charge < -0.3 is 0 Å². The molecule has 21 heavy (non-hydrogen) atoms. The van der Waals surface area contributed by atoms with Crippen molar-refractivity contribution in [2.24, 2.45) is 5.92 Å². The summed E-state index contributed by atoms with van der Waals surface area (Å²) in [5.41, 5.74) is -0.415. The second-order valence-corrected chi connectivity index (χ2v) is 7.60. The van der Waals surface area contributed by atoms with Gasteiger partial charge in [-0.25, -0.2) is 26.6 Å². The Morgan fingerprint density at radius 2 is 2.05 bits per heavy atom. The van der Waals surface area contributed by atoms with E-state index in [4.69, 9.17) is 11.6 Å². The van der Waals surface area contributed by atoms with Crippen LogP contribution in [0.4, 0.5) is 18.3 Å². The van der Waals surface area contributed by atoms with Gasteiger partial charge in [-0.15, -0.1) is 11.6 Å². The molecule has 0 aliphatic heterocycles. The number of nitrogens with one attached hydrogen (secondary N) is 1. The number of rotatable bonds is 5. The van der Waals surface area contributed by atoms with E-state index in [9.17, 15) is 21.6 Å². The molecule has 2 aromatic rings. The molecule has 1 aromatic heterocycles. The van der Waals surface area contributed by atoms with Crippen LogP contribution in [-0.4, -0.2) is 25.0 Å². The number of thiazole rings is 1. The number of nitrogens with zero attached hydrogens (tertiary/aromatic N) is 1. The van der Waals surface area contributed by atoms with Gasteiger partial charge in [0.25, 0.3) is 0 Å². The van der Waals surface area contributed by atoms with Gasteiger partial charge in [0, 0.05) is 5.88 Å². The van der Waals surface area contributed by atoms with Gasteiger partial charge in [-0.2, -0.15) is 0 Å². The van der Waals surface area contributed by atoms with Gasteiger partial charge >= 0.3 is 0 Å². The third kappa shape index (κ3) is 3.58. The lowest BCUT2D eigenvalue weighted by molar-refractivity contribution is 0.453. The van der Waals surface area contributed by atoms with E-state index in [0.29, 0.717) is 11.3 Å². The number of hydrogen-bond acceptors (Lipinski definition) is 4. The molecule has 0 fully saturated rings. The molecular formula is C11H10ClF3N2O2S2. The van der Waals surface area contributed by atoms with E-state index in [0.717, 1.165) is 6.07 Å². The smallest absolute Gasteiger partial charge is 0.234 e. The number of aromatic nitrogens is 1. The summed E-state index contributed by atoms with van der Waals surface area (Å²) in [5, 5.41) is -0.157. The summed E-state index contributed by atoms with van der Waals surface area (Å²) in [6.07, 6.45) is 0. The second kappa shape index (κ2) is 5.98. The molecule has 0 aliphatic carbocycles. The number of halogens is 4. The van der Waals surface area contributed by atoms with Crippen molar-refractivity contribution < 1.29 is 21.6 Å². The Morgan fingerprint density at radius 3 is 2.67 bits per heavy atom. The Balaban J connectivity index is 2.34. The zero-order valence-electron chi connectivity index (χ0n) is 10.7. The molecule has 2 rings (SSSR count). The SMILES string of the molecule is CC(CCl)CS(=O)(=O)Nc1nc2c(F)c(F)c(F)cc2s1. The summed E-state index contributed by atoms with van der Waals surface area (Å²) < 4.78 is 65.5. The highest BCUT2D eigenvalue weighted by molar-refractivity contribution is 7.92. The number of anilines is 1. The molecule has 0 amide bonds. The minimum absolute atomic E-state index is 0.00879. The van der Waals surface area contributed by atoms with Crippen molar-refractivity contribution in [3.63, 3.8) is 0 Å². The Bertz CT molecular complexity index is 779. The molecule has 0 saturated carbocycles. The first kappa shape index (κ1) is 16.3. The lowest BCUT2D eigenvalue weighted by Crippen LogP contribution is -2.22. The van der Waals surface area contributed by atoms with Gasteiger partial charge in [-0.1, -0.05) is 18.3 Å². The molecule has 0 saturated heterocycles. The zero-order valence-corrected chi connectivity index (χ0v) is 13.0. The van der Waals surface area contributed by atoms with Gasteiger partial charge in [0.15, 0.2) is 22.6 Å². The average molecular weight is 359 g/mol. The molecule has 1 atom stereocenters. The average Bonchev–Trinajstić information content (AvgIpc) is 2.77. The minimum Gasteiger partial charge on any atom is -0.259 e. The van der Waals surface area contributed by atoms with Crippen LogP contribution in [0.1, 0.15) is 6.92 Å². The Labute approximate surface area is 128 Å². The molecule has 4 nitrogen and oxygen atoms in total. The van der Waals surface area contributed by atoms with Crippen molar-refractivity contribution in [2.75, 3.05) is 16.4 Å². The van der Waals surface area contributed by atoms with Crippen LogP contribution >= 0.6 is 22.9 Å². The normalized spacial score (nSPS) is 13.6. The van der Waals surface area contributed by atoms with E-state index in [-0.39, 0.29) is 27.4 Å². The predicted molar refractivity (Wildman–Crippen MR) is 76.8 cm³/mol. The highest BCUT2D eigenvalue weighted by Gasteiger charge is 2.21. The van der Waals surface area contributed by atoms with Crippen molar-refractivity contribution >= 4 is 48.3 Å². The van der Waals surface area contributed by atoms with E-state index in [1.807, 2.05) is 0 Å². The Morgan fingerprint density at radius 1 is 1.38 bits per heavy atom. The number of hydrogen-bond donors (Lipinski definition) is 1. The van der Waals surface area contributed by atoms with Crippen LogP contribution in [0, 0.1) is 23.4 Å². The first-order chi connectivity index (χ1) is 9.73. The Hall–Kier alpha value is -1.06. The molecule has 1 unspecified atom stereocenters. The summed E-state index contributed by atoms with van der Waals surface area (Å²) in [5.74, 6) is -4.80. The van der Waals surface area contributed by atoms with Crippen molar-refractivity contribution in [3.05, 3.63) is 23.5 Å². The van der Waals surface area contributed by atoms with Crippen LogP contribution in [0.15, 0.2) is 6.07 Å². The minimum atomic E-state index is -3.72. The van der Waals surface area contributed by atoms with Gasteiger partial charge in [0.05, 0.1) is 10.5 Å². The van der Waals surface area contributed by atoms with Crippen LogP contribution < -0.4 is 4.72 Å². The quantitative estimate of drug-likeness (QED) is 0.658. The van der Waals surface area contributed by atoms with Crippen LogP contribution in [0.3, 0.4) is 0 Å². The van der Waals surface area contributed by atoms with E-state index in [2.05, 4.69) is 9.71 Å². The number of alkyl halides is 1. The van der Waals surface area contributed by atoms with Crippen LogP contribution in [-0.2, 0) is 10.0 Å². The maximum absolute atomic E-state index is 13.5. The van der Waals surface area contributed by atoms with Crippen molar-refractivity contribution in [2.45, 2.75) is 6.92 Å². The maximum Gasteiger partial charge on any atom is 0.234 e. The van der Waals surface area contributed by atoms with Gasteiger partial charge in [0.2, 0.25) is 10.0 Å². The van der Waals surface area contributed by atoms with Crippen molar-refractivity contribution in [1.82, 2.24) is 4.98 Å². The molecule has 1 heterocycles. The topological polar surface area (TPSA) is 59.1 Å². The van der Waals surface area contributed by atoms with Crippen LogP contribution in [0.25, 0.3) is 10.2 Å². The summed E-state index contributed by atoms with van der Waals surface area (Å²) in [6.45, 7) is 1.65. The van der Waals surface area contributed by atoms with E-state index < -0.39 is 33.0 Å². The standard InChI is InChI=1S/C11H10ClF3N2O2S2/c1-5(3-12)4-21(18,19)17-11-16-10-7(20-11)2-6(13)8(14)9(10)15/h2,5H,3-4H2,1H3,(H,16,17). The molecule has 0 aliphatic rings. The highest BCUT2D eigenvalue weighted by Crippen LogP contribution is 2.31. The van der Waals surface area contributed by atoms with Crippen molar-refractivity contribution in [3.8, 4) is 0 Å². The highest BCUT2D eigenvalue weighted by atomic mass is 35.5. The first-order valence-electron chi connectivity index (χ1n) is 5.74. The fourth-order valence-corrected chi connectivity index (χ4v) is 4.40. The largest absolute Gasteiger partial charge is 0.259 e. The number of fused-ring (bicyclic) bond motifs is 1. The van der Waals surface area contributed by atoms with Gasteiger partial charge in [-0.05, 0) is 12.0 Å². The van der Waals surface area contributed by atoms with E-state index >= 15 is 0 Å². The van der Waals surface area contributed by atoms with E-state index in [1.165, 1.54) is 0 Å². The summed E-state index contributed by atoms with van der Waals surface area (Å²) in [7, 11) is -3.72. The second-order valence-electron chi connectivity index (χ2n) is 4.50. The summed E-state index contributed by atoms with van der Waals surface area (Å²) >= 11 is 6.26. The maximum atomic E-state index is 13.5. The van der Waals surface area contributed by atoms with Crippen molar-refractivity contribution in [1.29, 1.82) is 0 Å². The third-order valence-corrected chi connectivity index (χ3v) is 5.62. The fourth-order valence-electron chi connectivity index (χ4n) is 1.61. The lowest BCUT2D eigenvalue weighted by atomic mass is 10.3. The molecule has 0 bridgehead atoms.